The minimum absolute atomic E-state index is 0.0139. The fourth-order valence-electron chi connectivity index (χ4n) is 3.75. The maximum absolute atomic E-state index is 6.50. The van der Waals surface area contributed by atoms with Crippen LogP contribution >= 0.6 is 23.2 Å². The van der Waals surface area contributed by atoms with Crippen molar-refractivity contribution in [2.75, 3.05) is 0 Å². The zero-order chi connectivity index (χ0) is 19.3. The van der Waals surface area contributed by atoms with E-state index in [1.54, 1.807) is 0 Å². The number of hydrazine groups is 1. The summed E-state index contributed by atoms with van der Waals surface area (Å²) in [5, 5.41) is 3.46. The lowest BCUT2D eigenvalue weighted by molar-refractivity contribution is -0.0325. The lowest BCUT2D eigenvalue weighted by Gasteiger charge is -2.39. The lowest BCUT2D eigenvalue weighted by atomic mass is 10.0. The molecule has 0 radical (unpaired) electrons. The number of hydrogen-bond donors (Lipinski definition) is 1. The molecule has 2 aliphatic heterocycles. The summed E-state index contributed by atoms with van der Waals surface area (Å²) >= 11 is 12.8. The SMILES string of the molecule is Cc1ccc(C2=C[C@H]3c4cc(Cl)ccc4O[C@@H](c4ccccc4Cl)N3N2)cc1. The summed E-state index contributed by atoms with van der Waals surface area (Å²) < 4.78 is 6.36. The van der Waals surface area contributed by atoms with Crippen molar-refractivity contribution in [1.82, 2.24) is 10.4 Å². The van der Waals surface area contributed by atoms with E-state index in [2.05, 4.69) is 47.7 Å². The Bertz CT molecular complexity index is 1080. The summed E-state index contributed by atoms with van der Waals surface area (Å²) in [6, 6.07) is 22.0. The monoisotopic (exact) mass is 408 g/mol. The molecule has 0 bridgehead atoms. The maximum Gasteiger partial charge on any atom is 0.197 e. The van der Waals surface area contributed by atoms with Gasteiger partial charge in [-0.25, -0.2) is 0 Å². The van der Waals surface area contributed by atoms with E-state index in [-0.39, 0.29) is 12.3 Å². The summed E-state index contributed by atoms with van der Waals surface area (Å²) in [5.74, 6) is 0.818. The van der Waals surface area contributed by atoms with Gasteiger partial charge in [-0.2, -0.15) is 5.01 Å². The van der Waals surface area contributed by atoms with Gasteiger partial charge in [-0.15, -0.1) is 0 Å². The van der Waals surface area contributed by atoms with Crippen molar-refractivity contribution < 1.29 is 4.74 Å². The first-order valence-corrected chi connectivity index (χ1v) is 9.90. The Hall–Kier alpha value is -2.46. The average Bonchev–Trinajstić information content (AvgIpc) is 3.14. The van der Waals surface area contributed by atoms with Crippen LogP contribution in [0.3, 0.4) is 0 Å². The fraction of sp³-hybridized carbons (Fsp3) is 0.130. The normalized spacial score (nSPS) is 20.6. The lowest BCUT2D eigenvalue weighted by Crippen LogP contribution is -2.43. The second kappa shape index (κ2) is 6.85. The Morgan fingerprint density at radius 2 is 1.71 bits per heavy atom. The Labute approximate surface area is 174 Å². The highest BCUT2D eigenvalue weighted by Gasteiger charge is 2.40. The third-order valence-corrected chi connectivity index (χ3v) is 5.77. The van der Waals surface area contributed by atoms with Crippen molar-refractivity contribution in [2.45, 2.75) is 19.2 Å². The van der Waals surface area contributed by atoms with Gasteiger partial charge in [0.1, 0.15) is 5.75 Å². The second-order valence-electron chi connectivity index (χ2n) is 7.08. The number of nitrogens with zero attached hydrogens (tertiary/aromatic N) is 1. The van der Waals surface area contributed by atoms with Crippen LogP contribution in [-0.2, 0) is 0 Å². The molecule has 0 aromatic heterocycles. The summed E-state index contributed by atoms with van der Waals surface area (Å²) in [5.41, 5.74) is 8.88. The van der Waals surface area contributed by atoms with Gasteiger partial charge in [0.05, 0.1) is 11.7 Å². The average molecular weight is 409 g/mol. The predicted molar refractivity (Wildman–Crippen MR) is 113 cm³/mol. The molecule has 0 fully saturated rings. The summed E-state index contributed by atoms with van der Waals surface area (Å²) in [7, 11) is 0. The highest BCUT2D eigenvalue weighted by molar-refractivity contribution is 6.31. The molecule has 0 saturated carbocycles. The van der Waals surface area contributed by atoms with Crippen molar-refractivity contribution in [2.24, 2.45) is 0 Å². The minimum atomic E-state index is -0.355. The molecule has 0 aliphatic carbocycles. The van der Waals surface area contributed by atoms with Gasteiger partial charge >= 0.3 is 0 Å². The van der Waals surface area contributed by atoms with Crippen LogP contribution in [0.25, 0.3) is 5.70 Å². The zero-order valence-corrected chi connectivity index (χ0v) is 16.7. The van der Waals surface area contributed by atoms with Crippen LogP contribution in [0.2, 0.25) is 10.0 Å². The number of benzene rings is 3. The third kappa shape index (κ3) is 2.96. The van der Waals surface area contributed by atoms with Gasteiger partial charge < -0.3 is 10.2 Å². The number of aryl methyl sites for hydroxylation is 1. The molecule has 1 N–H and O–H groups in total. The molecule has 2 atom stereocenters. The number of halogens is 2. The Kier molecular flexibility index (Phi) is 4.31. The smallest absolute Gasteiger partial charge is 0.197 e. The van der Waals surface area contributed by atoms with Gasteiger partial charge in [-0.05, 0) is 42.8 Å². The summed E-state index contributed by atoms with van der Waals surface area (Å²) in [6.07, 6.45) is 1.86. The van der Waals surface area contributed by atoms with Gasteiger partial charge in [-0.3, -0.25) is 0 Å². The van der Waals surface area contributed by atoms with Gasteiger partial charge in [0.2, 0.25) is 0 Å². The first-order valence-electron chi connectivity index (χ1n) is 9.14. The molecule has 3 nitrogen and oxygen atoms in total. The maximum atomic E-state index is 6.50. The molecule has 3 aromatic carbocycles. The van der Waals surface area contributed by atoms with Crippen molar-refractivity contribution in [3.8, 4) is 5.75 Å². The number of rotatable bonds is 2. The van der Waals surface area contributed by atoms with E-state index in [0.29, 0.717) is 10.0 Å². The van der Waals surface area contributed by atoms with Gasteiger partial charge in [0, 0.05) is 21.2 Å². The summed E-state index contributed by atoms with van der Waals surface area (Å²) in [4.78, 5) is 0. The van der Waals surface area contributed by atoms with Crippen LogP contribution in [0, 0.1) is 6.92 Å². The largest absolute Gasteiger partial charge is 0.469 e. The second-order valence-corrected chi connectivity index (χ2v) is 7.93. The van der Waals surface area contributed by atoms with Crippen molar-refractivity contribution in [3.63, 3.8) is 0 Å². The van der Waals surface area contributed by atoms with E-state index in [1.807, 2.05) is 42.5 Å². The molecule has 2 heterocycles. The van der Waals surface area contributed by atoms with E-state index < -0.39 is 0 Å². The first kappa shape index (κ1) is 17.6. The van der Waals surface area contributed by atoms with Crippen LogP contribution in [0.5, 0.6) is 5.75 Å². The number of nitrogens with one attached hydrogen (secondary N) is 1. The molecule has 0 unspecified atom stereocenters. The quantitative estimate of drug-likeness (QED) is 0.538. The van der Waals surface area contributed by atoms with Crippen LogP contribution in [0.4, 0.5) is 0 Å². The molecule has 3 aromatic rings. The van der Waals surface area contributed by atoms with Gasteiger partial charge in [-0.1, -0.05) is 71.2 Å². The number of ether oxygens (including phenoxy) is 1. The zero-order valence-electron chi connectivity index (χ0n) is 15.2. The standard InChI is InChI=1S/C23H18Cl2N2O/c1-14-6-8-15(9-7-14)20-13-21-18-12-16(24)10-11-22(18)28-23(27(21)26-20)17-4-2-3-5-19(17)25/h2-13,21,23,26H,1H3/t21-,23-/m0/s1. The molecule has 2 aliphatic rings. The molecular formula is C23H18Cl2N2O. The van der Waals surface area contributed by atoms with E-state index in [0.717, 1.165) is 28.1 Å². The van der Waals surface area contributed by atoms with E-state index in [4.69, 9.17) is 27.9 Å². The highest BCUT2D eigenvalue weighted by Crippen LogP contribution is 2.47. The Balaban J connectivity index is 1.61. The van der Waals surface area contributed by atoms with Crippen LogP contribution in [-0.4, -0.2) is 5.01 Å². The van der Waals surface area contributed by atoms with E-state index in [9.17, 15) is 0 Å². The Morgan fingerprint density at radius 1 is 0.929 bits per heavy atom. The van der Waals surface area contributed by atoms with Crippen molar-refractivity contribution in [1.29, 1.82) is 0 Å². The molecule has 0 spiro atoms. The van der Waals surface area contributed by atoms with Crippen molar-refractivity contribution >= 4 is 28.9 Å². The number of fused-ring (bicyclic) bond motifs is 3. The molecule has 5 rings (SSSR count). The molecular weight excluding hydrogens is 391 g/mol. The molecule has 0 amide bonds. The molecule has 0 saturated heterocycles. The highest BCUT2D eigenvalue weighted by atomic mass is 35.5. The molecule has 140 valence electrons. The molecule has 28 heavy (non-hydrogen) atoms. The van der Waals surface area contributed by atoms with Crippen LogP contribution in [0.15, 0.2) is 72.8 Å². The predicted octanol–water partition coefficient (Wildman–Crippen LogP) is 6.30. The van der Waals surface area contributed by atoms with Crippen LogP contribution in [0.1, 0.15) is 34.5 Å². The van der Waals surface area contributed by atoms with E-state index in [1.165, 1.54) is 5.56 Å². The third-order valence-electron chi connectivity index (χ3n) is 5.19. The molecule has 5 heteroatoms. The fourth-order valence-corrected chi connectivity index (χ4v) is 4.16. The minimum Gasteiger partial charge on any atom is -0.469 e. The van der Waals surface area contributed by atoms with Crippen molar-refractivity contribution in [3.05, 3.63) is 105 Å². The summed E-state index contributed by atoms with van der Waals surface area (Å²) in [6.45, 7) is 2.09. The van der Waals surface area contributed by atoms with E-state index >= 15 is 0 Å². The van der Waals surface area contributed by atoms with Gasteiger partial charge in [0.25, 0.3) is 0 Å². The first-order chi connectivity index (χ1) is 13.6. The Morgan fingerprint density at radius 3 is 2.50 bits per heavy atom. The number of hydrogen-bond acceptors (Lipinski definition) is 3. The van der Waals surface area contributed by atoms with Gasteiger partial charge in [0.15, 0.2) is 6.23 Å². The van der Waals surface area contributed by atoms with Crippen LogP contribution < -0.4 is 10.2 Å². The topological polar surface area (TPSA) is 24.5 Å².